The first-order valence-corrected chi connectivity index (χ1v) is 12.5. The molecule has 0 saturated carbocycles. The number of para-hydroxylation sites is 1. The lowest BCUT2D eigenvalue weighted by molar-refractivity contribution is -0.116. The number of nitrogens with one attached hydrogen (secondary N) is 2. The minimum absolute atomic E-state index is 0.119. The second-order valence-corrected chi connectivity index (χ2v) is 9.02. The maximum atomic E-state index is 12.6. The van der Waals surface area contributed by atoms with E-state index in [0.717, 1.165) is 28.8 Å². The Morgan fingerprint density at radius 2 is 1.97 bits per heavy atom. The summed E-state index contributed by atoms with van der Waals surface area (Å²) in [5.41, 5.74) is 3.74. The Bertz CT molecular complexity index is 1240. The molecule has 0 aliphatic heterocycles. The third kappa shape index (κ3) is 7.31. The molecule has 0 aliphatic rings. The van der Waals surface area contributed by atoms with Gasteiger partial charge in [0, 0.05) is 23.3 Å². The zero-order valence-electron chi connectivity index (χ0n) is 19.8. The van der Waals surface area contributed by atoms with Crippen molar-refractivity contribution >= 4 is 46.9 Å². The molecule has 0 aliphatic carbocycles. The van der Waals surface area contributed by atoms with E-state index in [2.05, 4.69) is 34.3 Å². The molecule has 0 spiro atoms. The maximum Gasteiger partial charge on any atom is 0.244 e. The van der Waals surface area contributed by atoms with Gasteiger partial charge in [0.25, 0.3) is 0 Å². The number of hydrogen-bond acceptors (Lipinski definition) is 5. The van der Waals surface area contributed by atoms with Crippen molar-refractivity contribution in [3.8, 4) is 0 Å². The van der Waals surface area contributed by atoms with Crippen LogP contribution in [-0.2, 0) is 29.1 Å². The Kier molecular flexibility index (Phi) is 9.69. The number of aromatic nitrogens is 3. The molecule has 1 aromatic heterocycles. The van der Waals surface area contributed by atoms with Crippen LogP contribution < -0.4 is 10.6 Å². The van der Waals surface area contributed by atoms with Crippen LogP contribution in [-0.4, -0.2) is 32.3 Å². The summed E-state index contributed by atoms with van der Waals surface area (Å²) in [5, 5.41) is 15.4. The van der Waals surface area contributed by atoms with Gasteiger partial charge in [-0.15, -0.1) is 16.8 Å². The molecular weight excluding hydrogens is 482 g/mol. The third-order valence-corrected chi connectivity index (χ3v) is 6.49. The highest BCUT2D eigenvalue weighted by atomic mass is 35.5. The summed E-state index contributed by atoms with van der Waals surface area (Å²) in [7, 11) is 0. The molecule has 35 heavy (non-hydrogen) atoms. The fraction of sp³-hybridized carbons (Fsp3) is 0.231. The molecule has 3 aromatic rings. The van der Waals surface area contributed by atoms with E-state index in [9.17, 15) is 9.59 Å². The first kappa shape index (κ1) is 26.2. The summed E-state index contributed by atoms with van der Waals surface area (Å²) in [6.07, 6.45) is 5.63. The number of amides is 2. The Balaban J connectivity index is 1.60. The molecule has 0 saturated heterocycles. The van der Waals surface area contributed by atoms with Crippen molar-refractivity contribution in [3.05, 3.63) is 88.7 Å². The zero-order chi connectivity index (χ0) is 25.2. The van der Waals surface area contributed by atoms with Gasteiger partial charge in [-0.3, -0.25) is 9.59 Å². The van der Waals surface area contributed by atoms with Gasteiger partial charge < -0.3 is 15.2 Å². The SMILES string of the molecule is C=CCn1c(CNC(=O)/C=C/c2ccccc2Cl)nnc1SCC(=O)Nc1c(C)cccc1CC. The number of nitrogens with zero attached hydrogens (tertiary/aromatic N) is 3. The summed E-state index contributed by atoms with van der Waals surface area (Å²) in [5.74, 6) is 0.350. The zero-order valence-corrected chi connectivity index (χ0v) is 21.3. The number of benzene rings is 2. The summed E-state index contributed by atoms with van der Waals surface area (Å²) in [4.78, 5) is 24.9. The lowest BCUT2D eigenvalue weighted by atomic mass is 10.1. The number of halogens is 1. The number of thioether (sulfide) groups is 1. The standard InChI is InChI=1S/C26H28ClN5O2S/c1-4-15-32-22(16-28-23(33)14-13-20-10-6-7-12-21(20)27)30-31-26(32)35-17-24(34)29-25-18(3)9-8-11-19(25)5-2/h4,6-14H,1,5,15-17H2,2-3H3,(H,28,33)(H,29,34)/b14-13+. The predicted octanol–water partition coefficient (Wildman–Crippen LogP) is 5.05. The third-order valence-electron chi connectivity index (χ3n) is 5.18. The van der Waals surface area contributed by atoms with Crippen LogP contribution in [0, 0.1) is 6.92 Å². The van der Waals surface area contributed by atoms with Crippen LogP contribution >= 0.6 is 23.4 Å². The van der Waals surface area contributed by atoms with Gasteiger partial charge in [-0.25, -0.2) is 0 Å². The fourth-order valence-corrected chi connectivity index (χ4v) is 4.34. The van der Waals surface area contributed by atoms with Gasteiger partial charge in [0.2, 0.25) is 11.8 Å². The summed E-state index contributed by atoms with van der Waals surface area (Å²) >= 11 is 7.40. The van der Waals surface area contributed by atoms with Crippen LogP contribution in [0.5, 0.6) is 0 Å². The monoisotopic (exact) mass is 509 g/mol. The van der Waals surface area contributed by atoms with Gasteiger partial charge in [-0.2, -0.15) is 0 Å². The van der Waals surface area contributed by atoms with Crippen molar-refractivity contribution in [2.45, 2.75) is 38.5 Å². The molecule has 182 valence electrons. The molecule has 1 heterocycles. The number of aryl methyl sites for hydroxylation is 2. The first-order valence-electron chi connectivity index (χ1n) is 11.2. The van der Waals surface area contributed by atoms with E-state index >= 15 is 0 Å². The van der Waals surface area contributed by atoms with E-state index in [0.29, 0.717) is 22.5 Å². The van der Waals surface area contributed by atoms with Crippen LogP contribution in [0.4, 0.5) is 5.69 Å². The van der Waals surface area contributed by atoms with Crippen LogP contribution in [0.1, 0.15) is 29.4 Å². The van der Waals surface area contributed by atoms with Crippen LogP contribution in [0.3, 0.4) is 0 Å². The van der Waals surface area contributed by atoms with Crippen LogP contribution in [0.2, 0.25) is 5.02 Å². The number of anilines is 1. The van der Waals surface area contributed by atoms with Gasteiger partial charge in [-0.1, -0.05) is 72.8 Å². The normalized spacial score (nSPS) is 10.9. The molecule has 2 amide bonds. The Labute approximate surface area is 214 Å². The van der Waals surface area contributed by atoms with Gasteiger partial charge in [-0.05, 0) is 42.2 Å². The van der Waals surface area contributed by atoms with Crippen molar-refractivity contribution < 1.29 is 9.59 Å². The van der Waals surface area contributed by atoms with E-state index in [4.69, 9.17) is 11.6 Å². The van der Waals surface area contributed by atoms with Gasteiger partial charge in [0.1, 0.15) is 0 Å². The Morgan fingerprint density at radius 3 is 2.71 bits per heavy atom. The molecule has 0 bridgehead atoms. The molecule has 3 rings (SSSR count). The number of rotatable bonds is 11. The quantitative estimate of drug-likeness (QED) is 0.214. The predicted molar refractivity (Wildman–Crippen MR) is 142 cm³/mol. The highest BCUT2D eigenvalue weighted by Crippen LogP contribution is 2.23. The van der Waals surface area contributed by atoms with E-state index in [1.165, 1.54) is 17.8 Å². The maximum absolute atomic E-state index is 12.6. The molecule has 0 radical (unpaired) electrons. The van der Waals surface area contributed by atoms with E-state index < -0.39 is 0 Å². The molecular formula is C26H28ClN5O2S. The molecule has 0 fully saturated rings. The molecule has 7 nitrogen and oxygen atoms in total. The average Bonchev–Trinajstić information content (AvgIpc) is 3.23. The van der Waals surface area contributed by atoms with Gasteiger partial charge in [0.15, 0.2) is 11.0 Å². The summed E-state index contributed by atoms with van der Waals surface area (Å²) in [6, 6.07) is 13.3. The van der Waals surface area contributed by atoms with E-state index in [-0.39, 0.29) is 24.1 Å². The van der Waals surface area contributed by atoms with Crippen molar-refractivity contribution in [1.82, 2.24) is 20.1 Å². The van der Waals surface area contributed by atoms with Gasteiger partial charge >= 0.3 is 0 Å². The average molecular weight is 510 g/mol. The van der Waals surface area contributed by atoms with E-state index in [1.54, 1.807) is 18.2 Å². The molecule has 0 unspecified atom stereocenters. The minimum atomic E-state index is -0.281. The summed E-state index contributed by atoms with van der Waals surface area (Å²) < 4.78 is 1.83. The molecule has 9 heteroatoms. The Hall–Kier alpha value is -3.36. The number of allylic oxidation sites excluding steroid dienone is 1. The number of hydrogen-bond donors (Lipinski definition) is 2. The first-order chi connectivity index (χ1) is 16.9. The Morgan fingerprint density at radius 1 is 1.17 bits per heavy atom. The largest absolute Gasteiger partial charge is 0.345 e. The highest BCUT2D eigenvalue weighted by Gasteiger charge is 2.15. The fourth-order valence-electron chi connectivity index (χ4n) is 3.38. The second kappa shape index (κ2) is 12.9. The molecule has 2 N–H and O–H groups in total. The van der Waals surface area contributed by atoms with Crippen molar-refractivity contribution in [2.75, 3.05) is 11.1 Å². The van der Waals surface area contributed by atoms with E-state index in [1.807, 2.05) is 47.9 Å². The minimum Gasteiger partial charge on any atom is -0.345 e. The van der Waals surface area contributed by atoms with Crippen molar-refractivity contribution in [3.63, 3.8) is 0 Å². The topological polar surface area (TPSA) is 88.9 Å². The van der Waals surface area contributed by atoms with Crippen molar-refractivity contribution in [2.24, 2.45) is 0 Å². The lowest BCUT2D eigenvalue weighted by Crippen LogP contribution is -2.23. The number of carbonyl (C=O) groups is 2. The van der Waals surface area contributed by atoms with Gasteiger partial charge in [0.05, 0.1) is 12.3 Å². The lowest BCUT2D eigenvalue weighted by Gasteiger charge is -2.13. The second-order valence-electron chi connectivity index (χ2n) is 7.67. The number of carbonyl (C=O) groups excluding carboxylic acids is 2. The smallest absolute Gasteiger partial charge is 0.244 e. The van der Waals surface area contributed by atoms with Crippen molar-refractivity contribution in [1.29, 1.82) is 0 Å². The molecule has 2 aromatic carbocycles. The van der Waals surface area contributed by atoms with Crippen LogP contribution in [0.15, 0.2) is 66.4 Å². The van der Waals surface area contributed by atoms with Crippen LogP contribution in [0.25, 0.3) is 6.08 Å². The molecule has 0 atom stereocenters. The summed E-state index contributed by atoms with van der Waals surface area (Å²) in [6.45, 7) is 8.46. The highest BCUT2D eigenvalue weighted by molar-refractivity contribution is 7.99.